The molecule has 0 atom stereocenters. The molecule has 0 saturated heterocycles. The molecule has 0 heterocycles. The van der Waals surface area contributed by atoms with Crippen molar-refractivity contribution in [2.24, 2.45) is 5.73 Å². The van der Waals surface area contributed by atoms with Crippen LogP contribution in [0.4, 0.5) is 0 Å². The van der Waals surface area contributed by atoms with Gasteiger partial charge in [-0.15, -0.1) is 0 Å². The van der Waals surface area contributed by atoms with Crippen LogP contribution in [-0.2, 0) is 10.2 Å². The van der Waals surface area contributed by atoms with Gasteiger partial charge in [-0.2, -0.15) is 0 Å². The number of carbonyl (C=O) groups excluding carboxylic acids is 1. The van der Waals surface area contributed by atoms with Gasteiger partial charge >= 0.3 is 0 Å². The lowest BCUT2D eigenvalue weighted by molar-refractivity contribution is -0.125. The van der Waals surface area contributed by atoms with Crippen molar-refractivity contribution in [2.75, 3.05) is 13.2 Å². The van der Waals surface area contributed by atoms with E-state index in [9.17, 15) is 4.79 Å². The highest BCUT2D eigenvalue weighted by Crippen LogP contribution is 2.30. The Labute approximate surface area is 121 Å². The second kappa shape index (κ2) is 6.27. The van der Waals surface area contributed by atoms with Crippen LogP contribution in [0.15, 0.2) is 24.3 Å². The molecule has 0 bridgehead atoms. The summed E-state index contributed by atoms with van der Waals surface area (Å²) in [6, 6.07) is 7.98. The topological polar surface area (TPSA) is 64.4 Å². The van der Waals surface area contributed by atoms with Gasteiger partial charge in [-0.1, -0.05) is 39.0 Å². The normalized spacial score (nSPS) is 12.1. The van der Waals surface area contributed by atoms with E-state index in [-0.39, 0.29) is 11.3 Å². The molecular formula is C16H26N2O2. The third-order valence-corrected chi connectivity index (χ3v) is 2.93. The molecule has 1 aromatic carbocycles. The van der Waals surface area contributed by atoms with Crippen LogP contribution in [0.3, 0.4) is 0 Å². The van der Waals surface area contributed by atoms with Gasteiger partial charge in [-0.25, -0.2) is 0 Å². The number of hydrogen-bond donors (Lipinski definition) is 2. The molecule has 0 saturated carbocycles. The Morgan fingerprint density at radius 2 is 1.80 bits per heavy atom. The molecule has 0 aliphatic carbocycles. The second-order valence-electron chi connectivity index (χ2n) is 6.57. The van der Waals surface area contributed by atoms with Crippen LogP contribution in [0.5, 0.6) is 5.75 Å². The third-order valence-electron chi connectivity index (χ3n) is 2.93. The van der Waals surface area contributed by atoms with E-state index in [0.717, 1.165) is 11.3 Å². The van der Waals surface area contributed by atoms with Gasteiger partial charge in [-0.3, -0.25) is 4.79 Å². The molecule has 4 heteroatoms. The lowest BCUT2D eigenvalue weighted by atomic mass is 9.86. The van der Waals surface area contributed by atoms with E-state index >= 15 is 0 Å². The number of nitrogens with two attached hydrogens (primary N) is 1. The van der Waals surface area contributed by atoms with Crippen molar-refractivity contribution in [3.8, 4) is 5.75 Å². The predicted octanol–water partition coefficient (Wildman–Crippen LogP) is 2.22. The third kappa shape index (κ3) is 4.85. The maximum absolute atomic E-state index is 11.6. The van der Waals surface area contributed by atoms with Crippen molar-refractivity contribution >= 4 is 5.91 Å². The summed E-state index contributed by atoms with van der Waals surface area (Å²) in [5.74, 6) is 0.687. The molecule has 0 spiro atoms. The highest BCUT2D eigenvalue weighted by Gasteiger charge is 2.21. The lowest BCUT2D eigenvalue weighted by Gasteiger charge is -2.23. The van der Waals surface area contributed by atoms with E-state index < -0.39 is 5.54 Å². The fourth-order valence-electron chi connectivity index (χ4n) is 1.77. The van der Waals surface area contributed by atoms with Gasteiger partial charge in [0.2, 0.25) is 5.91 Å². The monoisotopic (exact) mass is 278 g/mol. The summed E-state index contributed by atoms with van der Waals surface area (Å²) >= 11 is 0. The number of hydrogen-bond acceptors (Lipinski definition) is 3. The zero-order valence-corrected chi connectivity index (χ0v) is 13.1. The molecule has 0 radical (unpaired) electrons. The summed E-state index contributed by atoms with van der Waals surface area (Å²) in [6.07, 6.45) is 0. The fourth-order valence-corrected chi connectivity index (χ4v) is 1.77. The minimum absolute atomic E-state index is 0.0269. The van der Waals surface area contributed by atoms with Gasteiger partial charge < -0.3 is 15.8 Å². The van der Waals surface area contributed by atoms with Gasteiger partial charge in [0.15, 0.2) is 0 Å². The molecule has 4 nitrogen and oxygen atoms in total. The summed E-state index contributed by atoms with van der Waals surface area (Å²) in [5, 5.41) is 2.76. The van der Waals surface area contributed by atoms with E-state index in [4.69, 9.17) is 10.5 Å². The highest BCUT2D eigenvalue weighted by atomic mass is 16.5. The van der Waals surface area contributed by atoms with Crippen molar-refractivity contribution in [1.29, 1.82) is 0 Å². The first-order valence-corrected chi connectivity index (χ1v) is 6.92. The van der Waals surface area contributed by atoms with Crippen LogP contribution in [-0.4, -0.2) is 24.6 Å². The number of benzene rings is 1. The zero-order chi connectivity index (χ0) is 15.4. The number of para-hydroxylation sites is 1. The van der Waals surface area contributed by atoms with Crippen LogP contribution in [0.25, 0.3) is 0 Å². The average Bonchev–Trinajstić information content (AvgIpc) is 2.32. The summed E-state index contributed by atoms with van der Waals surface area (Å²) in [7, 11) is 0. The Balaban J connectivity index is 2.54. The molecule has 0 fully saturated rings. The van der Waals surface area contributed by atoms with Crippen molar-refractivity contribution in [3.05, 3.63) is 29.8 Å². The Hall–Kier alpha value is -1.55. The molecule has 1 rings (SSSR count). The predicted molar refractivity (Wildman–Crippen MR) is 81.9 cm³/mol. The van der Waals surface area contributed by atoms with Crippen LogP contribution in [0.1, 0.15) is 40.2 Å². The minimum Gasteiger partial charge on any atom is -0.491 e. The van der Waals surface area contributed by atoms with Crippen molar-refractivity contribution < 1.29 is 9.53 Å². The Kier molecular flexibility index (Phi) is 5.17. The van der Waals surface area contributed by atoms with E-state index in [2.05, 4.69) is 32.2 Å². The number of amides is 1. The molecule has 112 valence electrons. The SMILES string of the molecule is CC(C)(N)C(=O)NCCOc1ccccc1C(C)(C)C. The van der Waals surface area contributed by atoms with Crippen LogP contribution in [0, 0.1) is 0 Å². The van der Waals surface area contributed by atoms with Crippen molar-refractivity contribution in [1.82, 2.24) is 5.32 Å². The molecule has 3 N–H and O–H groups in total. The summed E-state index contributed by atoms with van der Waals surface area (Å²) < 4.78 is 5.77. The zero-order valence-electron chi connectivity index (χ0n) is 13.1. The van der Waals surface area contributed by atoms with E-state index in [1.165, 1.54) is 0 Å². The molecule has 0 aliphatic rings. The van der Waals surface area contributed by atoms with Crippen LogP contribution in [0.2, 0.25) is 0 Å². The summed E-state index contributed by atoms with van der Waals surface area (Å²) in [6.45, 7) is 10.7. The Morgan fingerprint density at radius 1 is 1.20 bits per heavy atom. The van der Waals surface area contributed by atoms with Crippen LogP contribution >= 0.6 is 0 Å². The molecule has 20 heavy (non-hydrogen) atoms. The summed E-state index contributed by atoms with van der Waals surface area (Å²) in [4.78, 5) is 11.6. The number of nitrogens with one attached hydrogen (secondary N) is 1. The molecular weight excluding hydrogens is 252 g/mol. The maximum atomic E-state index is 11.6. The number of carbonyl (C=O) groups is 1. The Bertz CT molecular complexity index is 456. The van der Waals surface area contributed by atoms with Gasteiger partial charge in [0.25, 0.3) is 0 Å². The van der Waals surface area contributed by atoms with E-state index in [1.54, 1.807) is 13.8 Å². The lowest BCUT2D eigenvalue weighted by Crippen LogP contribution is -2.49. The smallest absolute Gasteiger partial charge is 0.239 e. The number of ether oxygens (including phenoxy) is 1. The largest absolute Gasteiger partial charge is 0.491 e. The van der Waals surface area contributed by atoms with Gasteiger partial charge in [0.1, 0.15) is 12.4 Å². The number of rotatable bonds is 5. The molecule has 1 aromatic rings. The van der Waals surface area contributed by atoms with E-state index in [0.29, 0.717) is 13.2 Å². The molecule has 1 amide bonds. The molecule has 0 aromatic heterocycles. The fraction of sp³-hybridized carbons (Fsp3) is 0.562. The maximum Gasteiger partial charge on any atom is 0.239 e. The average molecular weight is 278 g/mol. The van der Waals surface area contributed by atoms with Gasteiger partial charge in [0, 0.05) is 0 Å². The van der Waals surface area contributed by atoms with Crippen LogP contribution < -0.4 is 15.8 Å². The Morgan fingerprint density at radius 3 is 2.35 bits per heavy atom. The quantitative estimate of drug-likeness (QED) is 0.812. The van der Waals surface area contributed by atoms with Gasteiger partial charge in [0.05, 0.1) is 12.1 Å². The molecule has 0 unspecified atom stereocenters. The van der Waals surface area contributed by atoms with Crippen molar-refractivity contribution in [3.63, 3.8) is 0 Å². The first kappa shape index (κ1) is 16.5. The first-order chi connectivity index (χ1) is 9.12. The minimum atomic E-state index is -0.858. The van der Waals surface area contributed by atoms with Gasteiger partial charge in [-0.05, 0) is 30.9 Å². The van der Waals surface area contributed by atoms with E-state index in [1.807, 2.05) is 18.2 Å². The first-order valence-electron chi connectivity index (χ1n) is 6.92. The summed E-state index contributed by atoms with van der Waals surface area (Å²) in [5.41, 5.74) is 6.03. The molecule has 0 aliphatic heterocycles. The highest BCUT2D eigenvalue weighted by molar-refractivity contribution is 5.84. The van der Waals surface area contributed by atoms with Crippen molar-refractivity contribution in [2.45, 2.75) is 45.6 Å². The standard InChI is InChI=1S/C16H26N2O2/c1-15(2,3)12-8-6-7-9-13(12)20-11-10-18-14(19)16(4,5)17/h6-9H,10-11,17H2,1-5H3,(H,18,19). The second-order valence-corrected chi connectivity index (χ2v) is 6.57.